The average molecular weight is 343 g/mol. The third kappa shape index (κ3) is 5.63. The third-order valence-electron chi connectivity index (χ3n) is 4.98. The zero-order valence-corrected chi connectivity index (χ0v) is 15.0. The van der Waals surface area contributed by atoms with Crippen LogP contribution in [0.1, 0.15) is 31.4 Å². The molecule has 6 nitrogen and oxygen atoms in total. The van der Waals surface area contributed by atoms with Crippen molar-refractivity contribution < 1.29 is 5.11 Å². The largest absolute Gasteiger partial charge is 0.390 e. The number of benzene rings is 1. The van der Waals surface area contributed by atoms with Crippen LogP contribution in [-0.2, 0) is 6.54 Å². The van der Waals surface area contributed by atoms with E-state index < -0.39 is 0 Å². The van der Waals surface area contributed by atoms with Crippen LogP contribution < -0.4 is 5.32 Å². The van der Waals surface area contributed by atoms with Gasteiger partial charge in [-0.2, -0.15) is 5.10 Å². The first-order chi connectivity index (χ1) is 12.2. The molecule has 0 aliphatic carbocycles. The van der Waals surface area contributed by atoms with Gasteiger partial charge < -0.3 is 15.3 Å². The van der Waals surface area contributed by atoms with Crippen LogP contribution in [0.2, 0.25) is 0 Å². The molecule has 1 aliphatic rings. The lowest BCUT2D eigenvalue weighted by atomic mass is 9.99. The highest BCUT2D eigenvalue weighted by Gasteiger charge is 2.19. The van der Waals surface area contributed by atoms with Crippen molar-refractivity contribution >= 4 is 0 Å². The Morgan fingerprint density at radius 1 is 1.20 bits per heavy atom. The number of rotatable bonds is 8. The molecule has 0 saturated carbocycles. The topological polar surface area (TPSA) is 66.2 Å². The number of nitrogens with zero attached hydrogens (tertiary/aromatic N) is 4. The van der Waals surface area contributed by atoms with Crippen molar-refractivity contribution in [2.75, 3.05) is 26.2 Å². The molecule has 1 aromatic carbocycles. The molecule has 0 radical (unpaired) electrons. The number of aromatic nitrogens is 3. The molecule has 1 aromatic heterocycles. The molecule has 0 amide bonds. The van der Waals surface area contributed by atoms with Gasteiger partial charge in [-0.25, -0.2) is 4.98 Å². The highest BCUT2D eigenvalue weighted by Crippen LogP contribution is 2.17. The maximum Gasteiger partial charge on any atom is 0.137 e. The van der Waals surface area contributed by atoms with Crippen molar-refractivity contribution in [1.29, 1.82) is 0 Å². The second-order valence-electron chi connectivity index (χ2n) is 7.13. The summed E-state index contributed by atoms with van der Waals surface area (Å²) in [6, 6.07) is 10.4. The second-order valence-corrected chi connectivity index (χ2v) is 7.13. The summed E-state index contributed by atoms with van der Waals surface area (Å²) in [6.07, 6.45) is 5.38. The van der Waals surface area contributed by atoms with Gasteiger partial charge in [0, 0.05) is 13.1 Å². The molecule has 3 rings (SSSR count). The molecule has 2 atom stereocenters. The van der Waals surface area contributed by atoms with Gasteiger partial charge in [-0.1, -0.05) is 37.3 Å². The molecular formula is C19H29N5O. The molecule has 2 heterocycles. The monoisotopic (exact) mass is 343 g/mol. The summed E-state index contributed by atoms with van der Waals surface area (Å²) < 4.78 is 1.82. The molecule has 1 saturated heterocycles. The summed E-state index contributed by atoms with van der Waals surface area (Å²) in [5.74, 6) is 0.816. The number of hydrogen-bond donors (Lipinski definition) is 2. The highest BCUT2D eigenvalue weighted by atomic mass is 16.3. The van der Waals surface area contributed by atoms with E-state index in [-0.39, 0.29) is 12.1 Å². The van der Waals surface area contributed by atoms with E-state index in [9.17, 15) is 5.11 Å². The molecular weight excluding hydrogens is 314 g/mol. The third-order valence-corrected chi connectivity index (χ3v) is 4.98. The fraction of sp³-hybridized carbons (Fsp3) is 0.579. The van der Waals surface area contributed by atoms with E-state index in [2.05, 4.69) is 39.4 Å². The Morgan fingerprint density at radius 2 is 1.96 bits per heavy atom. The first-order valence-electron chi connectivity index (χ1n) is 9.22. The quantitative estimate of drug-likeness (QED) is 0.764. The van der Waals surface area contributed by atoms with Crippen LogP contribution >= 0.6 is 0 Å². The predicted molar refractivity (Wildman–Crippen MR) is 98.1 cm³/mol. The van der Waals surface area contributed by atoms with Gasteiger partial charge >= 0.3 is 0 Å². The predicted octanol–water partition coefficient (Wildman–Crippen LogP) is 1.70. The Kier molecular flexibility index (Phi) is 6.55. The molecule has 2 aromatic rings. The van der Waals surface area contributed by atoms with Crippen molar-refractivity contribution in [3.8, 4) is 0 Å². The zero-order chi connectivity index (χ0) is 17.5. The normalized spacial score (nSPS) is 19.0. The molecule has 0 bridgehead atoms. The number of piperidine rings is 1. The van der Waals surface area contributed by atoms with E-state index >= 15 is 0 Å². The van der Waals surface area contributed by atoms with Crippen LogP contribution in [0.15, 0.2) is 43.0 Å². The summed E-state index contributed by atoms with van der Waals surface area (Å²) in [4.78, 5) is 6.39. The maximum atomic E-state index is 10.5. The first-order valence-corrected chi connectivity index (χ1v) is 9.22. The SMILES string of the molecule is CC1CCN(CC(O)CNC(Cn2cncn2)c2ccccc2)CC1. The second kappa shape index (κ2) is 9.08. The minimum absolute atomic E-state index is 0.0962. The van der Waals surface area contributed by atoms with Crippen molar-refractivity contribution in [2.45, 2.75) is 38.5 Å². The lowest BCUT2D eigenvalue weighted by Crippen LogP contribution is -2.43. The van der Waals surface area contributed by atoms with Crippen molar-refractivity contribution in [3.63, 3.8) is 0 Å². The number of β-amino-alcohol motifs (C(OH)–C–C–N with tert-alkyl or cyclic N) is 1. The number of aliphatic hydroxyl groups excluding tert-OH is 1. The summed E-state index contributed by atoms with van der Waals surface area (Å²) in [7, 11) is 0. The molecule has 136 valence electrons. The van der Waals surface area contributed by atoms with Gasteiger partial charge in [0.15, 0.2) is 0 Å². The number of likely N-dealkylation sites (tertiary alicyclic amines) is 1. The fourth-order valence-corrected chi connectivity index (χ4v) is 3.37. The standard InChI is InChI=1S/C19H29N5O/c1-16-7-9-23(10-8-16)12-18(25)11-21-19(13-24-15-20-14-22-24)17-5-3-2-4-6-17/h2-6,14-16,18-19,21,25H,7-13H2,1H3. The summed E-state index contributed by atoms with van der Waals surface area (Å²) in [6.45, 7) is 6.51. The van der Waals surface area contributed by atoms with Gasteiger partial charge in [0.05, 0.1) is 18.7 Å². The van der Waals surface area contributed by atoms with Gasteiger partial charge in [-0.05, 0) is 37.4 Å². The van der Waals surface area contributed by atoms with Crippen LogP contribution in [0.25, 0.3) is 0 Å². The van der Waals surface area contributed by atoms with E-state index in [4.69, 9.17) is 0 Å². The summed E-state index contributed by atoms with van der Waals surface area (Å²) in [5, 5.41) is 18.2. The van der Waals surface area contributed by atoms with E-state index in [1.165, 1.54) is 18.4 Å². The van der Waals surface area contributed by atoms with Crippen LogP contribution in [-0.4, -0.2) is 57.1 Å². The molecule has 1 aliphatic heterocycles. The van der Waals surface area contributed by atoms with Crippen molar-refractivity contribution in [2.24, 2.45) is 5.92 Å². The van der Waals surface area contributed by atoms with Gasteiger partial charge in [0.1, 0.15) is 12.7 Å². The van der Waals surface area contributed by atoms with E-state index in [0.29, 0.717) is 13.1 Å². The Balaban J connectivity index is 1.53. The molecule has 25 heavy (non-hydrogen) atoms. The summed E-state index contributed by atoms with van der Waals surface area (Å²) in [5.41, 5.74) is 1.19. The molecule has 6 heteroatoms. The Labute approximate surface area is 149 Å². The van der Waals surface area contributed by atoms with Crippen LogP contribution in [0, 0.1) is 5.92 Å². The van der Waals surface area contributed by atoms with E-state index in [0.717, 1.165) is 25.6 Å². The lowest BCUT2D eigenvalue weighted by Gasteiger charge is -2.32. The summed E-state index contributed by atoms with van der Waals surface area (Å²) >= 11 is 0. The minimum atomic E-state index is -0.365. The Hall–Kier alpha value is -1.76. The number of hydrogen-bond acceptors (Lipinski definition) is 5. The van der Waals surface area contributed by atoms with Gasteiger partial charge in [0.2, 0.25) is 0 Å². The van der Waals surface area contributed by atoms with Crippen molar-refractivity contribution in [3.05, 3.63) is 48.5 Å². The van der Waals surface area contributed by atoms with Crippen LogP contribution in [0.4, 0.5) is 0 Å². The number of nitrogens with one attached hydrogen (secondary N) is 1. The van der Waals surface area contributed by atoms with E-state index in [1.807, 2.05) is 22.9 Å². The van der Waals surface area contributed by atoms with Crippen molar-refractivity contribution in [1.82, 2.24) is 25.0 Å². The van der Waals surface area contributed by atoms with Gasteiger partial charge in [-0.3, -0.25) is 4.68 Å². The molecule has 2 N–H and O–H groups in total. The van der Waals surface area contributed by atoms with Gasteiger partial charge in [-0.15, -0.1) is 0 Å². The smallest absolute Gasteiger partial charge is 0.137 e. The highest BCUT2D eigenvalue weighted by molar-refractivity contribution is 5.18. The first kappa shape index (κ1) is 18.0. The van der Waals surface area contributed by atoms with Gasteiger partial charge in [0.25, 0.3) is 0 Å². The Morgan fingerprint density at radius 3 is 2.64 bits per heavy atom. The van der Waals surface area contributed by atoms with Crippen LogP contribution in [0.3, 0.4) is 0 Å². The minimum Gasteiger partial charge on any atom is -0.390 e. The molecule has 1 fully saturated rings. The zero-order valence-electron chi connectivity index (χ0n) is 15.0. The Bertz CT molecular complexity index is 596. The van der Waals surface area contributed by atoms with Crippen LogP contribution in [0.5, 0.6) is 0 Å². The fourth-order valence-electron chi connectivity index (χ4n) is 3.37. The lowest BCUT2D eigenvalue weighted by molar-refractivity contribution is 0.0882. The van der Waals surface area contributed by atoms with E-state index in [1.54, 1.807) is 12.7 Å². The molecule has 2 unspecified atom stereocenters. The number of aliphatic hydroxyl groups is 1. The average Bonchev–Trinajstić information content (AvgIpc) is 3.14. The molecule has 0 spiro atoms. The maximum absolute atomic E-state index is 10.5.